The molecule has 0 unspecified atom stereocenters. The normalized spacial score (nSPS) is 13.5. The summed E-state index contributed by atoms with van der Waals surface area (Å²) >= 11 is 0. The van der Waals surface area contributed by atoms with E-state index in [0.717, 1.165) is 24.5 Å². The third kappa shape index (κ3) is 5.23. The van der Waals surface area contributed by atoms with Crippen molar-refractivity contribution in [2.75, 3.05) is 18.0 Å². The Balaban J connectivity index is 1.28. The van der Waals surface area contributed by atoms with Gasteiger partial charge in [-0.25, -0.2) is 4.98 Å². The molecule has 31 heavy (non-hydrogen) atoms. The highest BCUT2D eigenvalue weighted by molar-refractivity contribution is 5.91. The molecule has 7 nitrogen and oxygen atoms in total. The van der Waals surface area contributed by atoms with E-state index in [-0.39, 0.29) is 18.3 Å². The van der Waals surface area contributed by atoms with Gasteiger partial charge in [0.25, 0.3) is 5.91 Å². The standard InChI is InChI=1S/C24H24N4O3/c25-14-19-6-2-3-7-21(19)30-17-20-9-10-22(31-20)24(29)27-16-18-8-11-23(26-15-18)28-12-4-1-5-13-28/h2-3,6-11,15H,1,4-5,12-13,16-17H2,(H,27,29). The van der Waals surface area contributed by atoms with Gasteiger partial charge in [0.15, 0.2) is 5.76 Å². The van der Waals surface area contributed by atoms with Crippen LogP contribution in [0.15, 0.2) is 59.1 Å². The highest BCUT2D eigenvalue weighted by Crippen LogP contribution is 2.20. The molecule has 1 aliphatic rings. The quantitative estimate of drug-likeness (QED) is 0.625. The molecule has 0 aliphatic carbocycles. The monoisotopic (exact) mass is 416 g/mol. The SMILES string of the molecule is N#Cc1ccccc1OCc1ccc(C(=O)NCc2ccc(N3CCCCC3)nc2)o1. The number of hydrogen-bond acceptors (Lipinski definition) is 6. The Bertz CT molecular complexity index is 1060. The molecule has 0 bridgehead atoms. The number of nitrogens with zero attached hydrogens (tertiary/aromatic N) is 3. The number of furan rings is 1. The zero-order valence-electron chi connectivity index (χ0n) is 17.2. The summed E-state index contributed by atoms with van der Waals surface area (Å²) in [6, 6.07) is 16.4. The minimum atomic E-state index is -0.302. The van der Waals surface area contributed by atoms with Crippen molar-refractivity contribution >= 4 is 11.7 Å². The van der Waals surface area contributed by atoms with Crippen molar-refractivity contribution in [3.63, 3.8) is 0 Å². The number of ether oxygens (including phenoxy) is 1. The van der Waals surface area contributed by atoms with Crippen molar-refractivity contribution < 1.29 is 13.9 Å². The smallest absolute Gasteiger partial charge is 0.287 e. The molecule has 7 heteroatoms. The molecule has 1 aromatic carbocycles. The summed E-state index contributed by atoms with van der Waals surface area (Å²) in [6.45, 7) is 2.60. The predicted octanol–water partition coefficient (Wildman–Crippen LogP) is 4.05. The van der Waals surface area contributed by atoms with Crippen molar-refractivity contribution in [3.8, 4) is 11.8 Å². The first-order valence-corrected chi connectivity index (χ1v) is 10.4. The lowest BCUT2D eigenvalue weighted by atomic mass is 10.1. The highest BCUT2D eigenvalue weighted by Gasteiger charge is 2.14. The van der Waals surface area contributed by atoms with E-state index in [1.165, 1.54) is 19.3 Å². The van der Waals surface area contributed by atoms with Crippen LogP contribution >= 0.6 is 0 Å². The van der Waals surface area contributed by atoms with Crippen LogP contribution in [0.1, 0.15) is 46.7 Å². The molecule has 1 aliphatic heterocycles. The fraction of sp³-hybridized carbons (Fsp3) is 0.292. The third-order valence-electron chi connectivity index (χ3n) is 5.21. The number of amides is 1. The maximum Gasteiger partial charge on any atom is 0.287 e. The van der Waals surface area contributed by atoms with Gasteiger partial charge in [-0.05, 0) is 55.2 Å². The van der Waals surface area contributed by atoms with Gasteiger partial charge in [0.1, 0.15) is 30.0 Å². The number of aromatic nitrogens is 1. The van der Waals surface area contributed by atoms with Gasteiger partial charge in [0, 0.05) is 25.8 Å². The number of benzene rings is 1. The van der Waals surface area contributed by atoms with Crippen LogP contribution in [0.3, 0.4) is 0 Å². The fourth-order valence-electron chi connectivity index (χ4n) is 3.51. The van der Waals surface area contributed by atoms with Gasteiger partial charge in [-0.1, -0.05) is 18.2 Å². The average Bonchev–Trinajstić information content (AvgIpc) is 3.31. The van der Waals surface area contributed by atoms with Crippen LogP contribution in [-0.2, 0) is 13.2 Å². The Labute approximate surface area is 181 Å². The van der Waals surface area contributed by atoms with Gasteiger partial charge in [-0.2, -0.15) is 5.26 Å². The van der Waals surface area contributed by atoms with Crippen molar-refractivity contribution in [1.29, 1.82) is 5.26 Å². The van der Waals surface area contributed by atoms with E-state index in [1.54, 1.807) is 42.6 Å². The Hall–Kier alpha value is -3.79. The topological polar surface area (TPSA) is 91.4 Å². The van der Waals surface area contributed by atoms with Crippen molar-refractivity contribution in [2.45, 2.75) is 32.4 Å². The van der Waals surface area contributed by atoms with Crippen LogP contribution in [0, 0.1) is 11.3 Å². The summed E-state index contributed by atoms with van der Waals surface area (Å²) in [7, 11) is 0. The Kier molecular flexibility index (Phi) is 6.48. The maximum absolute atomic E-state index is 12.4. The molecule has 1 fully saturated rings. The van der Waals surface area contributed by atoms with Gasteiger partial charge >= 0.3 is 0 Å². The summed E-state index contributed by atoms with van der Waals surface area (Å²) in [6.07, 6.45) is 5.51. The number of pyridine rings is 1. The lowest BCUT2D eigenvalue weighted by Gasteiger charge is -2.27. The van der Waals surface area contributed by atoms with Crippen LogP contribution in [0.4, 0.5) is 5.82 Å². The van der Waals surface area contributed by atoms with Crippen molar-refractivity contribution in [2.24, 2.45) is 0 Å². The Morgan fingerprint density at radius 2 is 1.97 bits per heavy atom. The number of nitrogens with one attached hydrogen (secondary N) is 1. The molecule has 1 saturated heterocycles. The van der Waals surface area contributed by atoms with E-state index in [2.05, 4.69) is 21.3 Å². The summed E-state index contributed by atoms with van der Waals surface area (Å²) in [5, 5.41) is 12.0. The molecule has 4 rings (SSSR count). The van der Waals surface area contributed by atoms with E-state index in [4.69, 9.17) is 14.4 Å². The number of carbonyl (C=O) groups is 1. The minimum Gasteiger partial charge on any atom is -0.484 e. The first-order valence-electron chi connectivity index (χ1n) is 10.4. The second-order valence-electron chi connectivity index (χ2n) is 7.42. The maximum atomic E-state index is 12.4. The molecule has 0 atom stereocenters. The number of rotatable bonds is 7. The second kappa shape index (κ2) is 9.81. The third-order valence-corrected chi connectivity index (χ3v) is 5.21. The van der Waals surface area contributed by atoms with E-state index >= 15 is 0 Å². The molecule has 0 saturated carbocycles. The molecule has 158 valence electrons. The fourth-order valence-corrected chi connectivity index (χ4v) is 3.51. The van der Waals surface area contributed by atoms with Gasteiger partial charge in [-0.15, -0.1) is 0 Å². The van der Waals surface area contributed by atoms with E-state index in [9.17, 15) is 4.79 Å². The van der Waals surface area contributed by atoms with Crippen LogP contribution in [-0.4, -0.2) is 24.0 Å². The van der Waals surface area contributed by atoms with Gasteiger partial charge in [0.05, 0.1) is 5.56 Å². The molecule has 1 amide bonds. The summed E-state index contributed by atoms with van der Waals surface area (Å²) < 4.78 is 11.2. The van der Waals surface area contributed by atoms with E-state index < -0.39 is 0 Å². The largest absolute Gasteiger partial charge is 0.484 e. The van der Waals surface area contributed by atoms with Crippen LogP contribution < -0.4 is 15.0 Å². The first kappa shape index (κ1) is 20.5. The zero-order valence-corrected chi connectivity index (χ0v) is 17.2. The highest BCUT2D eigenvalue weighted by atomic mass is 16.5. The minimum absolute atomic E-state index is 0.133. The van der Waals surface area contributed by atoms with Crippen LogP contribution in [0.2, 0.25) is 0 Å². The number of carbonyl (C=O) groups excluding carboxylic acids is 1. The van der Waals surface area contributed by atoms with Gasteiger partial charge in [0.2, 0.25) is 0 Å². The summed E-state index contributed by atoms with van der Waals surface area (Å²) in [5.74, 6) is 1.88. The lowest BCUT2D eigenvalue weighted by molar-refractivity contribution is 0.0919. The number of hydrogen-bond donors (Lipinski definition) is 1. The Morgan fingerprint density at radius 1 is 1.13 bits per heavy atom. The van der Waals surface area contributed by atoms with Crippen LogP contribution in [0.25, 0.3) is 0 Å². The summed E-state index contributed by atoms with van der Waals surface area (Å²) in [5.41, 5.74) is 1.38. The number of para-hydroxylation sites is 1. The average molecular weight is 416 g/mol. The Morgan fingerprint density at radius 3 is 2.74 bits per heavy atom. The van der Waals surface area contributed by atoms with Crippen molar-refractivity contribution in [1.82, 2.24) is 10.3 Å². The predicted molar refractivity (Wildman–Crippen MR) is 116 cm³/mol. The molecule has 0 spiro atoms. The number of anilines is 1. The second-order valence-corrected chi connectivity index (χ2v) is 7.42. The first-order chi connectivity index (χ1) is 15.2. The van der Waals surface area contributed by atoms with Crippen molar-refractivity contribution in [3.05, 3.63) is 77.4 Å². The number of nitriles is 1. The summed E-state index contributed by atoms with van der Waals surface area (Å²) in [4.78, 5) is 19.2. The van der Waals surface area contributed by atoms with E-state index in [0.29, 0.717) is 23.6 Å². The molecule has 2 aromatic heterocycles. The van der Waals surface area contributed by atoms with E-state index in [1.807, 2.05) is 12.1 Å². The molecule has 1 N–H and O–H groups in total. The number of piperidine rings is 1. The molecule has 3 aromatic rings. The molecule has 3 heterocycles. The van der Waals surface area contributed by atoms with Crippen LogP contribution in [0.5, 0.6) is 5.75 Å². The lowest BCUT2D eigenvalue weighted by Crippen LogP contribution is -2.30. The zero-order chi connectivity index (χ0) is 21.5. The van der Waals surface area contributed by atoms with Gasteiger partial charge in [-0.3, -0.25) is 4.79 Å². The molecular formula is C24H24N4O3. The molecule has 0 radical (unpaired) electrons. The molecular weight excluding hydrogens is 392 g/mol. The van der Waals surface area contributed by atoms with Gasteiger partial charge < -0.3 is 19.4 Å².